The highest BCUT2D eigenvalue weighted by Gasteiger charge is 2.43. The summed E-state index contributed by atoms with van der Waals surface area (Å²) in [6, 6.07) is 12.3. The van der Waals surface area contributed by atoms with E-state index < -0.39 is 15.9 Å². The van der Waals surface area contributed by atoms with Crippen LogP contribution >= 0.6 is 0 Å². The van der Waals surface area contributed by atoms with Crippen molar-refractivity contribution in [2.24, 2.45) is 0 Å². The van der Waals surface area contributed by atoms with Gasteiger partial charge in [-0.15, -0.1) is 0 Å². The van der Waals surface area contributed by atoms with Crippen LogP contribution in [0.3, 0.4) is 0 Å². The van der Waals surface area contributed by atoms with Crippen molar-refractivity contribution >= 4 is 27.0 Å². The number of sulfonamides is 1. The molecule has 9 nitrogen and oxygen atoms in total. The molecule has 36 heavy (non-hydrogen) atoms. The summed E-state index contributed by atoms with van der Waals surface area (Å²) >= 11 is 0. The average molecular weight is 514 g/mol. The van der Waals surface area contributed by atoms with Crippen molar-refractivity contribution in [1.29, 1.82) is 0 Å². The summed E-state index contributed by atoms with van der Waals surface area (Å²) in [6.07, 6.45) is 2.86. The van der Waals surface area contributed by atoms with Crippen molar-refractivity contribution in [1.82, 2.24) is 13.8 Å². The number of hydrogen-bond acceptors (Lipinski definition) is 7. The zero-order chi connectivity index (χ0) is 25.4. The fraction of sp³-hybridized carbons (Fsp3) is 0.462. The summed E-state index contributed by atoms with van der Waals surface area (Å²) in [4.78, 5) is 27.7. The lowest BCUT2D eigenvalue weighted by Gasteiger charge is -2.32. The minimum absolute atomic E-state index is 0.0229. The van der Waals surface area contributed by atoms with Gasteiger partial charge in [-0.2, -0.15) is 0 Å². The van der Waals surface area contributed by atoms with E-state index in [1.165, 1.54) is 6.07 Å². The molecule has 1 saturated heterocycles. The third-order valence-corrected chi connectivity index (χ3v) is 8.71. The topological polar surface area (TPSA) is 102 Å². The molecule has 192 valence electrons. The van der Waals surface area contributed by atoms with Gasteiger partial charge < -0.3 is 14.1 Å². The van der Waals surface area contributed by atoms with Crippen molar-refractivity contribution in [3.8, 4) is 5.75 Å². The Hall–Kier alpha value is -3.11. The lowest BCUT2D eigenvalue weighted by molar-refractivity contribution is 0.0862. The Kier molecular flexibility index (Phi) is 6.65. The van der Waals surface area contributed by atoms with Crippen molar-refractivity contribution in [3.05, 3.63) is 58.6 Å². The Labute approximate surface area is 210 Å². The number of aromatic nitrogens is 1. The zero-order valence-corrected chi connectivity index (χ0v) is 21.4. The number of piperidine rings is 1. The maximum absolute atomic E-state index is 13.0. The minimum atomic E-state index is -3.86. The first kappa shape index (κ1) is 24.6. The fourth-order valence-electron chi connectivity index (χ4n) is 5.18. The van der Waals surface area contributed by atoms with Gasteiger partial charge in [0, 0.05) is 25.7 Å². The second-order valence-electron chi connectivity index (χ2n) is 9.66. The summed E-state index contributed by atoms with van der Waals surface area (Å²) in [6.45, 7) is 6.32. The number of benzene rings is 2. The molecule has 3 heterocycles. The standard InChI is InChI=1S/C26H31N3O6S/c1-18(2)34-22-10-7-11-23-24(22)25(30)28(36(23,32)33)15-6-5-14-27-16-12-19(13-17-27)29-20-8-3-4-9-21(20)35-26(29)31/h3-4,7-11,18-19H,5-6,12-17H2,1-2H3. The van der Waals surface area contributed by atoms with Crippen LogP contribution in [-0.4, -0.2) is 60.4 Å². The molecule has 1 aromatic heterocycles. The van der Waals surface area contributed by atoms with Crippen molar-refractivity contribution < 1.29 is 22.4 Å². The SMILES string of the molecule is CC(C)Oc1cccc2c1C(=O)N(CCCCN1CCC(n3c(=O)oc4ccccc43)CC1)S2(=O)=O. The monoisotopic (exact) mass is 513 g/mol. The predicted octanol–water partition coefficient (Wildman–Crippen LogP) is 3.64. The van der Waals surface area contributed by atoms with Gasteiger partial charge in [0.25, 0.3) is 15.9 Å². The van der Waals surface area contributed by atoms with E-state index in [0.29, 0.717) is 17.8 Å². The van der Waals surface area contributed by atoms with E-state index in [4.69, 9.17) is 9.15 Å². The van der Waals surface area contributed by atoms with Gasteiger partial charge in [0.1, 0.15) is 16.2 Å². The number of amides is 1. The molecule has 3 aromatic rings. The van der Waals surface area contributed by atoms with E-state index in [-0.39, 0.29) is 34.9 Å². The maximum atomic E-state index is 13.0. The molecule has 1 amide bonds. The van der Waals surface area contributed by atoms with E-state index in [1.807, 2.05) is 38.1 Å². The van der Waals surface area contributed by atoms with E-state index in [1.54, 1.807) is 16.7 Å². The highest BCUT2D eigenvalue weighted by atomic mass is 32.2. The third-order valence-electron chi connectivity index (χ3n) is 6.89. The summed E-state index contributed by atoms with van der Waals surface area (Å²) < 4.78 is 39.8. The number of fused-ring (bicyclic) bond motifs is 2. The van der Waals surface area contributed by atoms with Crippen molar-refractivity contribution in [2.75, 3.05) is 26.2 Å². The van der Waals surface area contributed by atoms with Crippen LogP contribution < -0.4 is 10.5 Å². The normalized spacial score (nSPS) is 18.3. The Bertz CT molecular complexity index is 1430. The highest BCUT2D eigenvalue weighted by molar-refractivity contribution is 7.90. The number of rotatable bonds is 8. The number of nitrogens with zero attached hydrogens (tertiary/aromatic N) is 3. The molecule has 10 heteroatoms. The number of likely N-dealkylation sites (tertiary alicyclic amines) is 1. The second kappa shape index (κ2) is 9.74. The van der Waals surface area contributed by atoms with Gasteiger partial charge in [-0.3, -0.25) is 9.36 Å². The first-order chi connectivity index (χ1) is 17.3. The van der Waals surface area contributed by atoms with Crippen LogP contribution in [0.25, 0.3) is 11.1 Å². The van der Waals surface area contributed by atoms with Gasteiger partial charge in [0.15, 0.2) is 5.58 Å². The zero-order valence-electron chi connectivity index (χ0n) is 20.6. The number of carbonyl (C=O) groups excluding carboxylic acids is 1. The van der Waals surface area contributed by atoms with Gasteiger partial charge in [-0.25, -0.2) is 17.5 Å². The number of hydrogen-bond donors (Lipinski definition) is 0. The Balaban J connectivity index is 1.15. The molecule has 0 aliphatic carbocycles. The number of carbonyl (C=O) groups is 1. The Morgan fingerprint density at radius 3 is 2.47 bits per heavy atom. The molecular formula is C26H31N3O6S. The molecule has 2 aliphatic rings. The molecule has 0 bridgehead atoms. The maximum Gasteiger partial charge on any atom is 0.420 e. The quantitative estimate of drug-likeness (QED) is 0.424. The summed E-state index contributed by atoms with van der Waals surface area (Å²) in [5.74, 6) is -0.514. The van der Waals surface area contributed by atoms with Gasteiger partial charge in [-0.1, -0.05) is 18.2 Å². The minimum Gasteiger partial charge on any atom is -0.490 e. The van der Waals surface area contributed by atoms with Crippen molar-refractivity contribution in [3.63, 3.8) is 0 Å². The van der Waals surface area contributed by atoms with Crippen LogP contribution in [0.4, 0.5) is 0 Å². The average Bonchev–Trinajstić information content (AvgIpc) is 3.28. The van der Waals surface area contributed by atoms with E-state index in [9.17, 15) is 18.0 Å². The van der Waals surface area contributed by atoms with Crippen LogP contribution in [0.2, 0.25) is 0 Å². The van der Waals surface area contributed by atoms with Gasteiger partial charge >= 0.3 is 5.76 Å². The van der Waals surface area contributed by atoms with Gasteiger partial charge in [0.2, 0.25) is 0 Å². The largest absolute Gasteiger partial charge is 0.490 e. The van der Waals surface area contributed by atoms with Crippen LogP contribution in [-0.2, 0) is 10.0 Å². The second-order valence-corrected chi connectivity index (χ2v) is 11.5. The van der Waals surface area contributed by atoms with E-state index in [2.05, 4.69) is 4.90 Å². The van der Waals surface area contributed by atoms with E-state index >= 15 is 0 Å². The van der Waals surface area contributed by atoms with Crippen LogP contribution in [0, 0.1) is 0 Å². The van der Waals surface area contributed by atoms with Gasteiger partial charge in [-0.05, 0) is 70.3 Å². The van der Waals surface area contributed by atoms with Crippen LogP contribution in [0.5, 0.6) is 5.75 Å². The number of para-hydroxylation sites is 2. The number of oxazole rings is 1. The van der Waals surface area contributed by atoms with Gasteiger partial charge in [0.05, 0.1) is 11.6 Å². The lowest BCUT2D eigenvalue weighted by Crippen LogP contribution is -2.37. The number of unbranched alkanes of at least 4 members (excludes halogenated alkanes) is 1. The van der Waals surface area contributed by atoms with Crippen LogP contribution in [0.15, 0.2) is 56.6 Å². The van der Waals surface area contributed by atoms with Crippen molar-refractivity contribution in [2.45, 2.75) is 56.6 Å². The van der Waals surface area contributed by atoms with Crippen LogP contribution in [0.1, 0.15) is 55.9 Å². The molecule has 0 atom stereocenters. The highest BCUT2D eigenvalue weighted by Crippen LogP contribution is 2.37. The molecule has 5 rings (SSSR count). The molecular weight excluding hydrogens is 482 g/mol. The first-order valence-corrected chi connectivity index (χ1v) is 13.9. The summed E-state index contributed by atoms with van der Waals surface area (Å²) in [7, 11) is -3.86. The molecule has 0 radical (unpaired) electrons. The Morgan fingerprint density at radius 1 is 1.00 bits per heavy atom. The predicted molar refractivity (Wildman–Crippen MR) is 135 cm³/mol. The fourth-order valence-corrected chi connectivity index (χ4v) is 6.80. The molecule has 2 aliphatic heterocycles. The molecule has 0 spiro atoms. The molecule has 0 saturated carbocycles. The molecule has 0 unspecified atom stereocenters. The summed E-state index contributed by atoms with van der Waals surface area (Å²) in [5.41, 5.74) is 1.58. The smallest absolute Gasteiger partial charge is 0.420 e. The lowest BCUT2D eigenvalue weighted by atomic mass is 10.0. The third kappa shape index (κ3) is 4.43. The van der Waals surface area contributed by atoms with E-state index in [0.717, 1.165) is 48.7 Å². The number of ether oxygens (including phenoxy) is 1. The summed E-state index contributed by atoms with van der Waals surface area (Å²) in [5, 5.41) is 0. The first-order valence-electron chi connectivity index (χ1n) is 12.5. The molecule has 2 aromatic carbocycles. The molecule has 1 fully saturated rings. The molecule has 0 N–H and O–H groups in total. The Morgan fingerprint density at radius 2 is 1.72 bits per heavy atom.